The van der Waals surface area contributed by atoms with E-state index < -0.39 is 5.56 Å². The number of nitrogens with zero attached hydrogens (tertiary/aromatic N) is 3. The van der Waals surface area contributed by atoms with Gasteiger partial charge in [-0.1, -0.05) is 25.0 Å². The summed E-state index contributed by atoms with van der Waals surface area (Å²) in [6.07, 6.45) is 4.55. The first-order chi connectivity index (χ1) is 12.2. The van der Waals surface area contributed by atoms with Crippen LogP contribution >= 0.6 is 0 Å². The van der Waals surface area contributed by atoms with Gasteiger partial charge in [0.15, 0.2) is 0 Å². The van der Waals surface area contributed by atoms with Crippen LogP contribution in [0.4, 0.5) is 5.95 Å². The van der Waals surface area contributed by atoms with Crippen molar-refractivity contribution in [3.05, 3.63) is 40.2 Å². The van der Waals surface area contributed by atoms with Gasteiger partial charge in [-0.25, -0.2) is 4.98 Å². The highest BCUT2D eigenvalue weighted by atomic mass is 16.5. The maximum absolute atomic E-state index is 12.4. The molecule has 0 amide bonds. The second kappa shape index (κ2) is 7.84. The van der Waals surface area contributed by atoms with E-state index in [9.17, 15) is 10.1 Å². The summed E-state index contributed by atoms with van der Waals surface area (Å²) in [6.45, 7) is 4.20. The third kappa shape index (κ3) is 3.82. The second-order valence-corrected chi connectivity index (χ2v) is 6.09. The minimum Gasteiger partial charge on any atom is -0.494 e. The zero-order chi connectivity index (χ0) is 17.6. The molecule has 6 heteroatoms. The van der Waals surface area contributed by atoms with Gasteiger partial charge < -0.3 is 9.64 Å². The van der Waals surface area contributed by atoms with E-state index in [1.807, 2.05) is 37.3 Å². The summed E-state index contributed by atoms with van der Waals surface area (Å²) >= 11 is 0. The topological polar surface area (TPSA) is 82.0 Å². The van der Waals surface area contributed by atoms with Gasteiger partial charge in [0.05, 0.1) is 12.3 Å². The van der Waals surface area contributed by atoms with Crippen LogP contribution in [0.3, 0.4) is 0 Å². The lowest BCUT2D eigenvalue weighted by Gasteiger charge is -2.21. The maximum Gasteiger partial charge on any atom is 0.270 e. The normalized spacial score (nSPS) is 14.6. The molecule has 1 aliphatic heterocycles. The zero-order valence-corrected chi connectivity index (χ0v) is 14.4. The third-order valence-electron chi connectivity index (χ3n) is 4.34. The van der Waals surface area contributed by atoms with Crippen LogP contribution in [0.25, 0.3) is 11.3 Å². The molecule has 0 spiro atoms. The molecule has 0 radical (unpaired) electrons. The molecule has 1 saturated heterocycles. The number of benzene rings is 1. The smallest absolute Gasteiger partial charge is 0.270 e. The molecule has 0 unspecified atom stereocenters. The molecule has 0 bridgehead atoms. The van der Waals surface area contributed by atoms with E-state index in [0.29, 0.717) is 29.6 Å². The van der Waals surface area contributed by atoms with E-state index in [-0.39, 0.29) is 5.56 Å². The molecule has 6 nitrogen and oxygen atoms in total. The van der Waals surface area contributed by atoms with E-state index in [0.717, 1.165) is 25.9 Å². The van der Waals surface area contributed by atoms with Crippen molar-refractivity contribution in [1.29, 1.82) is 5.26 Å². The Hall–Kier alpha value is -2.81. The van der Waals surface area contributed by atoms with E-state index >= 15 is 0 Å². The van der Waals surface area contributed by atoms with Gasteiger partial charge >= 0.3 is 0 Å². The van der Waals surface area contributed by atoms with Crippen LogP contribution in [0.1, 0.15) is 38.2 Å². The van der Waals surface area contributed by atoms with Crippen molar-refractivity contribution in [3.8, 4) is 23.1 Å². The van der Waals surface area contributed by atoms with Gasteiger partial charge in [-0.05, 0) is 31.9 Å². The lowest BCUT2D eigenvalue weighted by molar-refractivity contribution is 0.340. The molecule has 25 heavy (non-hydrogen) atoms. The Kier molecular flexibility index (Phi) is 5.34. The van der Waals surface area contributed by atoms with Crippen LogP contribution in [0.5, 0.6) is 5.75 Å². The first-order valence-electron chi connectivity index (χ1n) is 8.75. The molecule has 0 aliphatic carbocycles. The number of hydrogen-bond donors (Lipinski definition) is 1. The second-order valence-electron chi connectivity index (χ2n) is 6.09. The minimum atomic E-state index is -0.395. The lowest BCUT2D eigenvalue weighted by Crippen LogP contribution is -2.29. The third-order valence-corrected chi connectivity index (χ3v) is 4.34. The summed E-state index contributed by atoms with van der Waals surface area (Å²) in [6, 6.07) is 9.35. The Labute approximate surface area is 147 Å². The molecule has 2 heterocycles. The van der Waals surface area contributed by atoms with Crippen LogP contribution in [-0.4, -0.2) is 29.7 Å². The highest BCUT2D eigenvalue weighted by molar-refractivity contribution is 5.68. The number of H-pyrrole nitrogens is 1. The number of aromatic nitrogens is 2. The molecule has 1 aromatic carbocycles. The fourth-order valence-electron chi connectivity index (χ4n) is 3.11. The molecule has 1 N–H and O–H groups in total. The fourth-order valence-corrected chi connectivity index (χ4v) is 3.11. The highest BCUT2D eigenvalue weighted by Gasteiger charge is 2.18. The number of hydrogen-bond acceptors (Lipinski definition) is 5. The predicted octanol–water partition coefficient (Wildman–Crippen LogP) is 3.09. The van der Waals surface area contributed by atoms with Crippen LogP contribution in [0.15, 0.2) is 29.1 Å². The van der Waals surface area contributed by atoms with Gasteiger partial charge in [0.25, 0.3) is 5.56 Å². The molecular formula is C19H22N4O2. The number of aromatic amines is 1. The van der Waals surface area contributed by atoms with E-state index in [1.54, 1.807) is 0 Å². The summed E-state index contributed by atoms with van der Waals surface area (Å²) in [5.74, 6) is 1.24. The first-order valence-corrected chi connectivity index (χ1v) is 8.75. The van der Waals surface area contributed by atoms with Crippen molar-refractivity contribution < 1.29 is 4.74 Å². The summed E-state index contributed by atoms with van der Waals surface area (Å²) in [5, 5.41) is 9.42. The summed E-state index contributed by atoms with van der Waals surface area (Å²) in [7, 11) is 0. The van der Waals surface area contributed by atoms with E-state index in [4.69, 9.17) is 4.74 Å². The average molecular weight is 338 g/mol. The van der Waals surface area contributed by atoms with Crippen molar-refractivity contribution in [1.82, 2.24) is 9.97 Å². The Balaban J connectivity index is 2.07. The molecule has 2 aromatic rings. The van der Waals surface area contributed by atoms with Gasteiger partial charge in [-0.3, -0.25) is 9.78 Å². The average Bonchev–Trinajstić information content (AvgIpc) is 2.91. The Morgan fingerprint density at radius 2 is 2.04 bits per heavy atom. The van der Waals surface area contributed by atoms with Crippen molar-refractivity contribution >= 4 is 5.95 Å². The summed E-state index contributed by atoms with van der Waals surface area (Å²) in [4.78, 5) is 21.9. The van der Waals surface area contributed by atoms with E-state index in [1.165, 1.54) is 12.8 Å². The molecule has 0 atom stereocenters. The molecule has 130 valence electrons. The Bertz CT molecular complexity index is 830. The number of rotatable bonds is 4. The molecule has 0 saturated carbocycles. The van der Waals surface area contributed by atoms with Crippen molar-refractivity contribution in [2.45, 2.75) is 32.6 Å². The Morgan fingerprint density at radius 1 is 1.28 bits per heavy atom. The van der Waals surface area contributed by atoms with Crippen molar-refractivity contribution in [3.63, 3.8) is 0 Å². The standard InChI is InChI=1S/C19H22N4O2/c1-2-25-15-9-7-8-14(12-15)17-16(13-20)18(24)22-19(21-17)23-10-5-3-4-6-11-23/h7-9,12H,2-6,10-11H2,1H3,(H,21,22,24). The number of anilines is 1. The number of nitrogens with one attached hydrogen (secondary N) is 1. The van der Waals surface area contributed by atoms with Gasteiger partial charge in [0.2, 0.25) is 5.95 Å². The quantitative estimate of drug-likeness (QED) is 0.926. The van der Waals surface area contributed by atoms with Gasteiger partial charge in [-0.15, -0.1) is 0 Å². The molecule has 1 fully saturated rings. The number of ether oxygens (including phenoxy) is 1. The molecule has 1 aliphatic rings. The maximum atomic E-state index is 12.4. The van der Waals surface area contributed by atoms with Crippen molar-refractivity contribution in [2.75, 3.05) is 24.6 Å². The predicted molar refractivity (Wildman–Crippen MR) is 96.9 cm³/mol. The van der Waals surface area contributed by atoms with Crippen LogP contribution in [-0.2, 0) is 0 Å². The fraction of sp³-hybridized carbons (Fsp3) is 0.421. The summed E-state index contributed by atoms with van der Waals surface area (Å²) in [5.41, 5.74) is 0.762. The summed E-state index contributed by atoms with van der Waals surface area (Å²) < 4.78 is 5.53. The van der Waals surface area contributed by atoms with Crippen molar-refractivity contribution in [2.24, 2.45) is 0 Å². The van der Waals surface area contributed by atoms with E-state index in [2.05, 4.69) is 14.9 Å². The van der Waals surface area contributed by atoms with Crippen LogP contribution in [0, 0.1) is 11.3 Å². The van der Waals surface area contributed by atoms with Gasteiger partial charge in [0.1, 0.15) is 17.4 Å². The van der Waals surface area contributed by atoms with Gasteiger partial charge in [-0.2, -0.15) is 5.26 Å². The van der Waals surface area contributed by atoms with Crippen LogP contribution in [0.2, 0.25) is 0 Å². The number of nitriles is 1. The minimum absolute atomic E-state index is 0.0345. The Morgan fingerprint density at radius 3 is 2.72 bits per heavy atom. The SMILES string of the molecule is CCOc1cccc(-c2nc(N3CCCCCC3)[nH]c(=O)c2C#N)c1. The zero-order valence-electron chi connectivity index (χ0n) is 14.4. The lowest BCUT2D eigenvalue weighted by atomic mass is 10.1. The molecule has 1 aromatic heterocycles. The largest absolute Gasteiger partial charge is 0.494 e. The first kappa shape index (κ1) is 17.0. The highest BCUT2D eigenvalue weighted by Crippen LogP contribution is 2.25. The van der Waals surface area contributed by atoms with Crippen LogP contribution < -0.4 is 15.2 Å². The monoisotopic (exact) mass is 338 g/mol. The molecular weight excluding hydrogens is 316 g/mol. The molecule has 3 rings (SSSR count). The van der Waals surface area contributed by atoms with Gasteiger partial charge in [0, 0.05) is 18.7 Å².